The lowest BCUT2D eigenvalue weighted by Crippen LogP contribution is -2.20. The van der Waals surface area contributed by atoms with E-state index in [0.717, 1.165) is 28.2 Å². The zero-order chi connectivity index (χ0) is 22.7. The van der Waals surface area contributed by atoms with E-state index in [9.17, 15) is 4.39 Å². The summed E-state index contributed by atoms with van der Waals surface area (Å²) in [4.78, 5) is 0. The molecule has 0 aliphatic heterocycles. The van der Waals surface area contributed by atoms with Crippen LogP contribution in [0.2, 0.25) is 5.02 Å². The molecule has 2 N–H and O–H groups in total. The smallest absolute Gasteiger partial charge is 0.176 e. The Balaban J connectivity index is 1.41. The van der Waals surface area contributed by atoms with Gasteiger partial charge in [0.05, 0.1) is 30.2 Å². The number of benzene rings is 2. The van der Waals surface area contributed by atoms with Crippen LogP contribution >= 0.6 is 23.8 Å². The molecule has 0 aliphatic rings. The van der Waals surface area contributed by atoms with Crippen LogP contribution in [0.3, 0.4) is 0 Å². The Labute approximate surface area is 196 Å². The van der Waals surface area contributed by atoms with E-state index in [4.69, 9.17) is 23.8 Å². The summed E-state index contributed by atoms with van der Waals surface area (Å²) in [5, 5.41) is 16.5. The molecule has 0 aliphatic carbocycles. The van der Waals surface area contributed by atoms with Gasteiger partial charge in [0.15, 0.2) is 10.9 Å². The van der Waals surface area contributed by atoms with Gasteiger partial charge in [0.2, 0.25) is 0 Å². The van der Waals surface area contributed by atoms with Crippen LogP contribution < -0.4 is 10.6 Å². The van der Waals surface area contributed by atoms with Crippen LogP contribution in [0.5, 0.6) is 0 Å². The normalized spacial score (nSPS) is 10.9. The molecule has 0 unspecified atom stereocenters. The summed E-state index contributed by atoms with van der Waals surface area (Å²) in [6, 6.07) is 16.0. The highest BCUT2D eigenvalue weighted by Gasteiger charge is 2.14. The van der Waals surface area contributed by atoms with Crippen molar-refractivity contribution < 1.29 is 4.39 Å². The monoisotopic (exact) mass is 468 g/mol. The summed E-state index contributed by atoms with van der Waals surface area (Å²) in [6.07, 6.45) is 1.86. The molecule has 0 saturated carbocycles. The maximum Gasteiger partial charge on any atom is 0.176 e. The number of hydrogen-bond acceptors (Lipinski definition) is 3. The van der Waals surface area contributed by atoms with E-state index >= 15 is 0 Å². The average molecular weight is 469 g/mol. The molecule has 0 radical (unpaired) electrons. The van der Waals surface area contributed by atoms with Crippen molar-refractivity contribution in [1.29, 1.82) is 0 Å². The molecule has 0 saturated heterocycles. The maximum atomic E-state index is 13.5. The molecule has 4 aromatic rings. The van der Waals surface area contributed by atoms with Crippen molar-refractivity contribution in [2.75, 3.05) is 10.6 Å². The lowest BCUT2D eigenvalue weighted by atomic mass is 10.2. The van der Waals surface area contributed by atoms with E-state index in [1.54, 1.807) is 10.7 Å². The molecule has 4 rings (SSSR count). The molecule has 0 amide bonds. The number of aromatic nitrogens is 4. The van der Waals surface area contributed by atoms with Gasteiger partial charge in [-0.2, -0.15) is 10.2 Å². The maximum absolute atomic E-state index is 13.5. The SMILES string of the molecule is Cc1nn(Cc2cccc(F)c2)c(C)c1NC(=S)Nc1ccn(Cc2ccccc2Cl)n1. The molecule has 164 valence electrons. The molecule has 2 aromatic heterocycles. The first-order chi connectivity index (χ1) is 15.4. The van der Waals surface area contributed by atoms with Gasteiger partial charge in [-0.3, -0.25) is 9.36 Å². The Morgan fingerprint density at radius 3 is 2.62 bits per heavy atom. The van der Waals surface area contributed by atoms with Gasteiger partial charge >= 0.3 is 0 Å². The van der Waals surface area contributed by atoms with Crippen molar-refractivity contribution in [2.45, 2.75) is 26.9 Å². The third-order valence-electron chi connectivity index (χ3n) is 5.01. The van der Waals surface area contributed by atoms with Crippen molar-refractivity contribution in [2.24, 2.45) is 0 Å². The zero-order valence-electron chi connectivity index (χ0n) is 17.6. The summed E-state index contributed by atoms with van der Waals surface area (Å²) < 4.78 is 17.1. The van der Waals surface area contributed by atoms with E-state index in [-0.39, 0.29) is 5.82 Å². The number of nitrogens with one attached hydrogen (secondary N) is 2. The largest absolute Gasteiger partial charge is 0.329 e. The molecule has 6 nitrogen and oxygen atoms in total. The van der Waals surface area contributed by atoms with E-state index in [0.29, 0.717) is 29.0 Å². The molecule has 0 fully saturated rings. The van der Waals surface area contributed by atoms with E-state index < -0.39 is 0 Å². The Hall–Kier alpha value is -3.23. The second-order valence-corrected chi connectivity index (χ2v) is 8.22. The van der Waals surface area contributed by atoms with Crippen molar-refractivity contribution >= 4 is 40.4 Å². The van der Waals surface area contributed by atoms with Gasteiger partial charge in [-0.15, -0.1) is 0 Å². The number of hydrogen-bond donors (Lipinski definition) is 2. The van der Waals surface area contributed by atoms with Gasteiger partial charge < -0.3 is 10.6 Å². The van der Waals surface area contributed by atoms with Gasteiger partial charge in [-0.05, 0) is 55.4 Å². The molecule has 2 heterocycles. The van der Waals surface area contributed by atoms with Crippen LogP contribution in [0.15, 0.2) is 60.8 Å². The fourth-order valence-corrected chi connectivity index (χ4v) is 3.82. The molecule has 0 atom stereocenters. The summed E-state index contributed by atoms with van der Waals surface area (Å²) in [5.74, 6) is 0.360. The van der Waals surface area contributed by atoms with Crippen molar-refractivity contribution in [3.63, 3.8) is 0 Å². The first-order valence-corrected chi connectivity index (χ1v) is 10.8. The predicted octanol–water partition coefficient (Wildman–Crippen LogP) is 5.39. The highest BCUT2D eigenvalue weighted by molar-refractivity contribution is 7.80. The molecular formula is C23H22ClFN6S. The summed E-state index contributed by atoms with van der Waals surface area (Å²) in [5.41, 5.74) is 4.34. The van der Waals surface area contributed by atoms with Gasteiger partial charge in [-0.25, -0.2) is 4.39 Å². The van der Waals surface area contributed by atoms with Crippen LogP contribution in [0.1, 0.15) is 22.5 Å². The highest BCUT2D eigenvalue weighted by atomic mass is 35.5. The number of rotatable bonds is 6. The van der Waals surface area contributed by atoms with Crippen LogP contribution in [0.4, 0.5) is 15.9 Å². The summed E-state index contributed by atoms with van der Waals surface area (Å²) in [6.45, 7) is 4.88. The Morgan fingerprint density at radius 1 is 1.03 bits per heavy atom. The van der Waals surface area contributed by atoms with E-state index in [1.807, 2.05) is 61.1 Å². The minimum absolute atomic E-state index is 0.262. The van der Waals surface area contributed by atoms with Crippen LogP contribution in [0, 0.1) is 19.7 Å². The number of aryl methyl sites for hydroxylation is 1. The van der Waals surface area contributed by atoms with Crippen molar-refractivity contribution in [3.8, 4) is 0 Å². The fourth-order valence-electron chi connectivity index (χ4n) is 3.42. The topological polar surface area (TPSA) is 59.7 Å². The molecule has 0 bridgehead atoms. The average Bonchev–Trinajstić information content (AvgIpc) is 3.29. The third-order valence-corrected chi connectivity index (χ3v) is 5.59. The fraction of sp³-hybridized carbons (Fsp3) is 0.174. The van der Waals surface area contributed by atoms with Crippen LogP contribution in [0.25, 0.3) is 0 Å². The van der Waals surface area contributed by atoms with Crippen molar-refractivity contribution in [3.05, 3.63) is 94.1 Å². The Bertz CT molecular complexity index is 1270. The highest BCUT2D eigenvalue weighted by Crippen LogP contribution is 2.21. The lowest BCUT2D eigenvalue weighted by molar-refractivity contribution is 0.616. The number of anilines is 2. The van der Waals surface area contributed by atoms with Gasteiger partial charge in [0, 0.05) is 17.3 Å². The molecule has 2 aromatic carbocycles. The Morgan fingerprint density at radius 2 is 1.84 bits per heavy atom. The minimum atomic E-state index is -0.262. The lowest BCUT2D eigenvalue weighted by Gasteiger charge is -2.10. The minimum Gasteiger partial charge on any atom is -0.329 e. The zero-order valence-corrected chi connectivity index (χ0v) is 19.2. The molecular weight excluding hydrogens is 447 g/mol. The van der Waals surface area contributed by atoms with E-state index in [1.165, 1.54) is 12.1 Å². The van der Waals surface area contributed by atoms with E-state index in [2.05, 4.69) is 20.8 Å². The quantitative estimate of drug-likeness (QED) is 0.371. The second kappa shape index (κ2) is 9.50. The molecule has 0 spiro atoms. The first kappa shape index (κ1) is 22.0. The molecule has 9 heteroatoms. The number of thiocarbonyl (C=S) groups is 1. The standard InChI is InChI=1S/C23H22ClFN6S/c1-15-22(16(2)31(28-15)13-17-6-5-8-19(25)12-17)27-23(32)26-21-10-11-30(29-21)14-18-7-3-4-9-20(18)24/h3-12H,13-14H2,1-2H3,(H2,26,27,29,32). The first-order valence-electron chi connectivity index (χ1n) is 10.0. The van der Waals surface area contributed by atoms with Gasteiger partial charge in [0.25, 0.3) is 0 Å². The van der Waals surface area contributed by atoms with Crippen LogP contribution in [-0.4, -0.2) is 24.7 Å². The van der Waals surface area contributed by atoms with Gasteiger partial charge in [-0.1, -0.05) is 41.9 Å². The summed E-state index contributed by atoms with van der Waals surface area (Å²) in [7, 11) is 0. The van der Waals surface area contributed by atoms with Crippen molar-refractivity contribution in [1.82, 2.24) is 19.6 Å². The summed E-state index contributed by atoms with van der Waals surface area (Å²) >= 11 is 11.7. The molecule has 32 heavy (non-hydrogen) atoms. The number of nitrogens with zero attached hydrogens (tertiary/aromatic N) is 4. The van der Waals surface area contributed by atoms with Crippen LogP contribution in [-0.2, 0) is 13.1 Å². The van der Waals surface area contributed by atoms with Gasteiger partial charge in [0.1, 0.15) is 5.82 Å². The second-order valence-electron chi connectivity index (χ2n) is 7.40. The number of halogens is 2. The predicted molar refractivity (Wildman–Crippen MR) is 130 cm³/mol. The Kier molecular flexibility index (Phi) is 6.53. The third kappa shape index (κ3) is 5.15.